The molecule has 2 fully saturated rings. The van der Waals surface area contributed by atoms with Gasteiger partial charge in [0.25, 0.3) is 0 Å². The van der Waals surface area contributed by atoms with Gasteiger partial charge < -0.3 is 9.30 Å². The second-order valence-corrected chi connectivity index (χ2v) is 7.79. The summed E-state index contributed by atoms with van der Waals surface area (Å²) in [4.78, 5) is 11.4. The SMILES string of the molecule is Cn1c(CN2C[C@@H]3C(COc4ccccc4Cl)[C@@H]3C2)nc2cnccc21. The third-order valence-corrected chi connectivity index (χ3v) is 6.17. The number of benzene rings is 1. The number of hydrogen-bond donors (Lipinski definition) is 0. The van der Waals surface area contributed by atoms with Crippen LogP contribution in [0.5, 0.6) is 5.75 Å². The van der Waals surface area contributed by atoms with Crippen molar-refractivity contribution in [3.8, 4) is 5.75 Å². The molecule has 1 saturated carbocycles. The number of ether oxygens (including phenoxy) is 1. The Bertz CT molecular complexity index is 944. The van der Waals surface area contributed by atoms with Gasteiger partial charge >= 0.3 is 0 Å². The number of aromatic nitrogens is 3. The van der Waals surface area contributed by atoms with Crippen molar-refractivity contribution in [2.24, 2.45) is 24.8 Å². The molecule has 0 N–H and O–H groups in total. The molecule has 2 aromatic heterocycles. The van der Waals surface area contributed by atoms with Crippen LogP contribution in [-0.2, 0) is 13.6 Å². The van der Waals surface area contributed by atoms with Crippen molar-refractivity contribution < 1.29 is 4.74 Å². The molecule has 0 bridgehead atoms. The van der Waals surface area contributed by atoms with Gasteiger partial charge in [-0.05, 0) is 30.0 Å². The maximum Gasteiger partial charge on any atom is 0.137 e. The summed E-state index contributed by atoms with van der Waals surface area (Å²) in [5.41, 5.74) is 2.12. The highest BCUT2D eigenvalue weighted by Crippen LogP contribution is 2.52. The second kappa shape index (κ2) is 6.25. The van der Waals surface area contributed by atoms with E-state index < -0.39 is 0 Å². The zero-order chi connectivity index (χ0) is 17.7. The fraction of sp³-hybridized carbons (Fsp3) is 0.400. The Hall–Kier alpha value is -2.11. The van der Waals surface area contributed by atoms with Crippen LogP contribution < -0.4 is 4.74 Å². The lowest BCUT2D eigenvalue weighted by Gasteiger charge is -2.19. The summed E-state index contributed by atoms with van der Waals surface area (Å²) in [6.07, 6.45) is 3.66. The van der Waals surface area contributed by atoms with Gasteiger partial charge in [0, 0.05) is 32.3 Å². The molecule has 0 amide bonds. The lowest BCUT2D eigenvalue weighted by atomic mass is 10.2. The van der Waals surface area contributed by atoms with Gasteiger partial charge in [-0.15, -0.1) is 0 Å². The first-order chi connectivity index (χ1) is 12.7. The molecule has 1 aromatic carbocycles. The normalized spacial score (nSPS) is 24.8. The molecule has 134 valence electrons. The minimum absolute atomic E-state index is 0.659. The number of likely N-dealkylation sites (tertiary alicyclic amines) is 1. The van der Waals surface area contributed by atoms with E-state index in [1.54, 1.807) is 0 Å². The molecular weight excluding hydrogens is 348 g/mol. The predicted octanol–water partition coefficient (Wildman–Crippen LogP) is 3.38. The van der Waals surface area contributed by atoms with Gasteiger partial charge in [-0.3, -0.25) is 9.88 Å². The summed E-state index contributed by atoms with van der Waals surface area (Å²) in [7, 11) is 2.09. The van der Waals surface area contributed by atoms with E-state index >= 15 is 0 Å². The fourth-order valence-electron chi connectivity index (χ4n) is 4.30. The number of nitrogens with zero attached hydrogens (tertiary/aromatic N) is 4. The van der Waals surface area contributed by atoms with Gasteiger partial charge in [-0.1, -0.05) is 23.7 Å². The van der Waals surface area contributed by atoms with Gasteiger partial charge in [-0.2, -0.15) is 0 Å². The molecule has 3 aromatic rings. The van der Waals surface area contributed by atoms with Crippen LogP contribution in [0, 0.1) is 17.8 Å². The molecule has 1 unspecified atom stereocenters. The van der Waals surface area contributed by atoms with E-state index in [4.69, 9.17) is 21.3 Å². The van der Waals surface area contributed by atoms with Crippen molar-refractivity contribution in [3.63, 3.8) is 0 Å². The zero-order valence-corrected chi connectivity index (χ0v) is 15.4. The average Bonchev–Trinajstić information content (AvgIpc) is 2.98. The van der Waals surface area contributed by atoms with Crippen molar-refractivity contribution in [1.82, 2.24) is 19.4 Å². The number of halogens is 1. The quantitative estimate of drug-likeness (QED) is 0.692. The summed E-state index contributed by atoms with van der Waals surface area (Å²) in [5, 5.41) is 0.691. The molecule has 1 saturated heterocycles. The maximum absolute atomic E-state index is 6.16. The number of fused-ring (bicyclic) bond motifs is 2. The maximum atomic E-state index is 6.16. The number of aryl methyl sites for hydroxylation is 1. The van der Waals surface area contributed by atoms with Crippen molar-refractivity contribution in [2.75, 3.05) is 19.7 Å². The number of imidazole rings is 1. The van der Waals surface area contributed by atoms with E-state index in [1.165, 1.54) is 0 Å². The highest BCUT2D eigenvalue weighted by atomic mass is 35.5. The largest absolute Gasteiger partial charge is 0.492 e. The summed E-state index contributed by atoms with van der Waals surface area (Å²) < 4.78 is 8.12. The number of para-hydroxylation sites is 1. The zero-order valence-electron chi connectivity index (χ0n) is 14.7. The van der Waals surface area contributed by atoms with E-state index in [0.29, 0.717) is 10.9 Å². The Morgan fingerprint density at radius 2 is 2.00 bits per heavy atom. The Balaban J connectivity index is 1.18. The van der Waals surface area contributed by atoms with Gasteiger partial charge in [0.2, 0.25) is 0 Å². The highest BCUT2D eigenvalue weighted by molar-refractivity contribution is 6.32. The van der Waals surface area contributed by atoms with Crippen LogP contribution in [-0.4, -0.2) is 39.1 Å². The predicted molar refractivity (Wildman–Crippen MR) is 101 cm³/mol. The molecular formula is C20H21ClN4O. The fourth-order valence-corrected chi connectivity index (χ4v) is 4.49. The molecule has 6 heteroatoms. The van der Waals surface area contributed by atoms with Gasteiger partial charge in [0.1, 0.15) is 17.1 Å². The summed E-state index contributed by atoms with van der Waals surface area (Å²) >= 11 is 6.16. The second-order valence-electron chi connectivity index (χ2n) is 7.38. The van der Waals surface area contributed by atoms with Gasteiger partial charge in [0.05, 0.1) is 29.9 Å². The molecule has 5 nitrogen and oxygen atoms in total. The molecule has 1 aliphatic heterocycles. The Morgan fingerprint density at radius 1 is 1.19 bits per heavy atom. The van der Waals surface area contributed by atoms with E-state index in [0.717, 1.165) is 60.7 Å². The monoisotopic (exact) mass is 368 g/mol. The molecule has 3 atom stereocenters. The summed E-state index contributed by atoms with van der Waals surface area (Å²) in [6, 6.07) is 9.72. The van der Waals surface area contributed by atoms with Gasteiger partial charge in [0.15, 0.2) is 0 Å². The van der Waals surface area contributed by atoms with Gasteiger partial charge in [-0.25, -0.2) is 4.98 Å². The highest BCUT2D eigenvalue weighted by Gasteiger charge is 2.55. The van der Waals surface area contributed by atoms with Crippen molar-refractivity contribution in [2.45, 2.75) is 6.54 Å². The lowest BCUT2D eigenvalue weighted by molar-refractivity contribution is 0.226. The van der Waals surface area contributed by atoms with Crippen LogP contribution in [0.2, 0.25) is 5.02 Å². The van der Waals surface area contributed by atoms with Crippen LogP contribution >= 0.6 is 11.6 Å². The lowest BCUT2D eigenvalue weighted by Crippen LogP contribution is -2.26. The minimum atomic E-state index is 0.659. The van der Waals surface area contributed by atoms with Crippen LogP contribution in [0.3, 0.4) is 0 Å². The third-order valence-electron chi connectivity index (χ3n) is 5.86. The molecule has 2 aliphatic rings. The topological polar surface area (TPSA) is 43.2 Å². The van der Waals surface area contributed by atoms with E-state index in [-0.39, 0.29) is 0 Å². The Labute approximate surface area is 157 Å². The number of hydrogen-bond acceptors (Lipinski definition) is 4. The molecule has 1 aliphatic carbocycles. The first-order valence-electron chi connectivity index (χ1n) is 9.05. The van der Waals surface area contributed by atoms with Crippen LogP contribution in [0.4, 0.5) is 0 Å². The first kappa shape index (κ1) is 16.1. The number of pyridine rings is 1. The molecule has 0 spiro atoms. The Morgan fingerprint density at radius 3 is 2.77 bits per heavy atom. The van der Waals surface area contributed by atoms with E-state index in [2.05, 4.69) is 21.5 Å². The van der Waals surface area contributed by atoms with Crippen molar-refractivity contribution >= 4 is 22.6 Å². The van der Waals surface area contributed by atoms with Crippen LogP contribution in [0.1, 0.15) is 5.82 Å². The summed E-state index contributed by atoms with van der Waals surface area (Å²) in [6.45, 7) is 3.92. The average molecular weight is 369 g/mol. The van der Waals surface area contributed by atoms with Crippen LogP contribution in [0.25, 0.3) is 11.0 Å². The van der Waals surface area contributed by atoms with E-state index in [1.807, 2.05) is 42.7 Å². The molecule has 0 radical (unpaired) electrons. The third kappa shape index (κ3) is 2.75. The minimum Gasteiger partial charge on any atom is -0.492 e. The smallest absolute Gasteiger partial charge is 0.137 e. The molecule has 26 heavy (non-hydrogen) atoms. The number of rotatable bonds is 5. The van der Waals surface area contributed by atoms with Crippen molar-refractivity contribution in [3.05, 3.63) is 53.6 Å². The standard InChI is InChI=1S/C20H21ClN4O/c1-24-18-6-7-22-8-17(18)23-20(24)11-25-9-13-14(10-25)15(13)12-26-19-5-3-2-4-16(19)21/h2-8,13-15H,9-12H2,1H3/t13-,14+,15?. The number of piperidine rings is 1. The first-order valence-corrected chi connectivity index (χ1v) is 9.43. The molecule has 5 rings (SSSR count). The van der Waals surface area contributed by atoms with Crippen LogP contribution in [0.15, 0.2) is 42.7 Å². The molecule has 3 heterocycles. The van der Waals surface area contributed by atoms with E-state index in [9.17, 15) is 0 Å². The van der Waals surface area contributed by atoms with Crippen molar-refractivity contribution in [1.29, 1.82) is 0 Å². The Kier molecular flexibility index (Phi) is 3.87. The summed E-state index contributed by atoms with van der Waals surface area (Å²) in [5.74, 6) is 4.05.